The van der Waals surface area contributed by atoms with Gasteiger partial charge in [0.05, 0.1) is 23.4 Å². The minimum atomic E-state index is -4.46. The number of piperazine rings is 1. The number of anilines is 1. The molecule has 1 fully saturated rings. The van der Waals surface area contributed by atoms with E-state index in [2.05, 4.69) is 5.32 Å². The maximum absolute atomic E-state index is 13.3. The number of carbonyl (C=O) groups is 3. The van der Waals surface area contributed by atoms with Crippen LogP contribution in [0.3, 0.4) is 0 Å². The van der Waals surface area contributed by atoms with Crippen molar-refractivity contribution in [3.05, 3.63) is 88.5 Å². The molecular weight excluding hydrogens is 530 g/mol. The highest BCUT2D eigenvalue weighted by Crippen LogP contribution is 2.30. The van der Waals surface area contributed by atoms with Crippen LogP contribution in [-0.4, -0.2) is 64.8 Å². The van der Waals surface area contributed by atoms with E-state index in [1.54, 1.807) is 23.6 Å². The normalized spacial score (nSPS) is 14.3. The Labute approximate surface area is 228 Å². The van der Waals surface area contributed by atoms with Crippen molar-refractivity contribution in [2.45, 2.75) is 26.1 Å². The number of aromatic nitrogens is 1. The number of hydrogen-bond acceptors (Lipinski definition) is 4. The SMILES string of the molecule is Cc1c(C(N)=O)cc(C(=O)CN2CCN(C(=O)Nc3ccc(C(F)(F)F)cc3)CC2)n1CCc1ccc(F)cc1. The molecule has 1 saturated heterocycles. The molecule has 3 N–H and O–H groups in total. The summed E-state index contributed by atoms with van der Waals surface area (Å²) in [6.45, 7) is 3.62. The molecule has 3 amide bonds. The van der Waals surface area contributed by atoms with E-state index in [1.807, 2.05) is 4.90 Å². The van der Waals surface area contributed by atoms with Gasteiger partial charge >= 0.3 is 12.2 Å². The van der Waals surface area contributed by atoms with Crippen LogP contribution in [0.15, 0.2) is 54.6 Å². The highest BCUT2D eigenvalue weighted by Gasteiger charge is 2.30. The second-order valence-corrected chi connectivity index (χ2v) is 9.61. The lowest BCUT2D eigenvalue weighted by molar-refractivity contribution is -0.137. The molecule has 1 aliphatic heterocycles. The largest absolute Gasteiger partial charge is 0.416 e. The van der Waals surface area contributed by atoms with Gasteiger partial charge in [0, 0.05) is 44.1 Å². The van der Waals surface area contributed by atoms with Crippen LogP contribution >= 0.6 is 0 Å². The number of halogens is 4. The van der Waals surface area contributed by atoms with E-state index >= 15 is 0 Å². The molecule has 0 radical (unpaired) electrons. The number of nitrogens with one attached hydrogen (secondary N) is 1. The lowest BCUT2D eigenvalue weighted by atomic mass is 10.1. The summed E-state index contributed by atoms with van der Waals surface area (Å²) in [6, 6.07) is 11.3. The lowest BCUT2D eigenvalue weighted by Crippen LogP contribution is -2.51. The van der Waals surface area contributed by atoms with Crippen LogP contribution in [0.1, 0.15) is 37.7 Å². The molecule has 3 aromatic rings. The number of hydrogen-bond donors (Lipinski definition) is 2. The van der Waals surface area contributed by atoms with Crippen molar-refractivity contribution in [1.82, 2.24) is 14.4 Å². The van der Waals surface area contributed by atoms with Gasteiger partial charge in [-0.1, -0.05) is 12.1 Å². The third kappa shape index (κ3) is 6.87. The number of nitrogens with zero attached hydrogens (tertiary/aromatic N) is 3. The van der Waals surface area contributed by atoms with Crippen molar-refractivity contribution >= 4 is 23.4 Å². The van der Waals surface area contributed by atoms with Crippen LogP contribution in [0.25, 0.3) is 0 Å². The number of Topliss-reactive ketones (excluding diaryl/α,β-unsaturated/α-hetero) is 1. The van der Waals surface area contributed by atoms with Crippen LogP contribution < -0.4 is 11.1 Å². The molecule has 0 unspecified atom stereocenters. The summed E-state index contributed by atoms with van der Waals surface area (Å²) in [4.78, 5) is 41.3. The van der Waals surface area contributed by atoms with Gasteiger partial charge in [0.1, 0.15) is 5.82 Å². The first kappa shape index (κ1) is 28.8. The average molecular weight is 560 g/mol. The molecule has 0 saturated carbocycles. The minimum absolute atomic E-state index is 0.0621. The predicted octanol–water partition coefficient (Wildman–Crippen LogP) is 4.33. The lowest BCUT2D eigenvalue weighted by Gasteiger charge is -2.34. The van der Waals surface area contributed by atoms with Gasteiger partial charge in [-0.2, -0.15) is 13.2 Å². The molecule has 0 bridgehead atoms. The van der Waals surface area contributed by atoms with Crippen LogP contribution in [0, 0.1) is 12.7 Å². The van der Waals surface area contributed by atoms with Gasteiger partial charge in [-0.3, -0.25) is 14.5 Å². The summed E-state index contributed by atoms with van der Waals surface area (Å²) in [7, 11) is 0. The number of amides is 3. The Hall–Kier alpha value is -4.19. The van der Waals surface area contributed by atoms with E-state index in [4.69, 9.17) is 5.73 Å². The Bertz CT molecular complexity index is 1380. The molecule has 2 aromatic carbocycles. The number of primary amides is 1. The van der Waals surface area contributed by atoms with Crippen LogP contribution in [0.5, 0.6) is 0 Å². The number of aryl methyl sites for hydroxylation is 1. The molecule has 4 rings (SSSR count). The smallest absolute Gasteiger partial charge is 0.366 e. The van der Waals surface area contributed by atoms with Crippen molar-refractivity contribution in [1.29, 1.82) is 0 Å². The van der Waals surface area contributed by atoms with Crippen LogP contribution in [-0.2, 0) is 19.1 Å². The predicted molar refractivity (Wildman–Crippen MR) is 141 cm³/mol. The van der Waals surface area contributed by atoms with Gasteiger partial charge in [0.15, 0.2) is 5.78 Å². The van der Waals surface area contributed by atoms with Crippen molar-refractivity contribution in [2.75, 3.05) is 38.0 Å². The van der Waals surface area contributed by atoms with Crippen molar-refractivity contribution in [3.8, 4) is 0 Å². The average Bonchev–Trinajstić information content (AvgIpc) is 3.25. The summed E-state index contributed by atoms with van der Waals surface area (Å²) in [5, 5.41) is 2.60. The van der Waals surface area contributed by atoms with E-state index in [1.165, 1.54) is 35.2 Å². The molecule has 12 heteroatoms. The zero-order chi connectivity index (χ0) is 29.0. The topological polar surface area (TPSA) is 101 Å². The molecule has 2 heterocycles. The molecule has 1 aliphatic rings. The maximum atomic E-state index is 13.3. The molecule has 0 atom stereocenters. The minimum Gasteiger partial charge on any atom is -0.366 e. The van der Waals surface area contributed by atoms with Crippen LogP contribution in [0.2, 0.25) is 0 Å². The number of urea groups is 1. The number of benzene rings is 2. The fourth-order valence-electron chi connectivity index (χ4n) is 4.64. The van der Waals surface area contributed by atoms with E-state index < -0.39 is 23.7 Å². The van der Waals surface area contributed by atoms with E-state index in [-0.39, 0.29) is 29.4 Å². The van der Waals surface area contributed by atoms with E-state index in [0.717, 1.165) is 17.7 Å². The molecule has 0 aliphatic carbocycles. The Kier molecular flexibility index (Phi) is 8.58. The Morgan fingerprint density at radius 1 is 0.950 bits per heavy atom. The van der Waals surface area contributed by atoms with Gasteiger partial charge in [0.25, 0.3) is 5.91 Å². The number of nitrogens with two attached hydrogens (primary N) is 1. The summed E-state index contributed by atoms with van der Waals surface area (Å²) in [6.07, 6.45) is -3.94. The summed E-state index contributed by atoms with van der Waals surface area (Å²) in [5.41, 5.74) is 7.01. The molecule has 40 heavy (non-hydrogen) atoms. The monoisotopic (exact) mass is 559 g/mol. The first-order valence-electron chi connectivity index (χ1n) is 12.7. The quantitative estimate of drug-likeness (QED) is 0.317. The van der Waals surface area contributed by atoms with Gasteiger partial charge in [0.2, 0.25) is 0 Å². The molecule has 8 nitrogen and oxygen atoms in total. The van der Waals surface area contributed by atoms with E-state index in [0.29, 0.717) is 50.5 Å². The first-order chi connectivity index (χ1) is 18.9. The van der Waals surface area contributed by atoms with Crippen LogP contribution in [0.4, 0.5) is 28.0 Å². The van der Waals surface area contributed by atoms with Gasteiger partial charge < -0.3 is 20.5 Å². The second kappa shape index (κ2) is 11.9. The number of ketones is 1. The molecule has 0 spiro atoms. The van der Waals surface area contributed by atoms with Crippen molar-refractivity contribution < 1.29 is 31.9 Å². The van der Waals surface area contributed by atoms with E-state index in [9.17, 15) is 31.9 Å². The van der Waals surface area contributed by atoms with Gasteiger partial charge in [-0.15, -0.1) is 0 Å². The standard InChI is InChI=1S/C28H29F4N5O3/c1-18-23(26(33)39)16-24(37(18)11-10-19-2-6-21(29)7-3-19)25(38)17-35-12-14-36(15-13-35)27(40)34-22-8-4-20(5-9-22)28(30,31)32/h2-9,16H,10-15,17H2,1H3,(H2,33,39)(H,34,40). The number of alkyl halides is 3. The number of rotatable bonds is 8. The summed E-state index contributed by atoms with van der Waals surface area (Å²) < 4.78 is 53.2. The second-order valence-electron chi connectivity index (χ2n) is 9.61. The van der Waals surface area contributed by atoms with Crippen molar-refractivity contribution in [3.63, 3.8) is 0 Å². The van der Waals surface area contributed by atoms with Gasteiger partial charge in [-0.25, -0.2) is 9.18 Å². The third-order valence-electron chi connectivity index (χ3n) is 6.95. The number of carbonyl (C=O) groups excluding carboxylic acids is 3. The maximum Gasteiger partial charge on any atom is 0.416 e. The Morgan fingerprint density at radius 2 is 1.57 bits per heavy atom. The highest BCUT2D eigenvalue weighted by atomic mass is 19.4. The third-order valence-corrected chi connectivity index (χ3v) is 6.95. The fourth-order valence-corrected chi connectivity index (χ4v) is 4.64. The zero-order valence-corrected chi connectivity index (χ0v) is 21.8. The molecule has 212 valence electrons. The summed E-state index contributed by atoms with van der Waals surface area (Å²) >= 11 is 0. The highest BCUT2D eigenvalue weighted by molar-refractivity contribution is 6.01. The first-order valence-corrected chi connectivity index (χ1v) is 12.7. The van der Waals surface area contributed by atoms with Crippen molar-refractivity contribution in [2.24, 2.45) is 5.73 Å². The zero-order valence-electron chi connectivity index (χ0n) is 21.8. The summed E-state index contributed by atoms with van der Waals surface area (Å²) in [5.74, 6) is -1.19. The van der Waals surface area contributed by atoms with Gasteiger partial charge in [-0.05, 0) is 61.4 Å². The fraction of sp³-hybridized carbons (Fsp3) is 0.321. The molecular formula is C28H29F4N5O3. The Balaban J connectivity index is 1.35. The Morgan fingerprint density at radius 3 is 2.15 bits per heavy atom. The molecule has 1 aromatic heterocycles.